The lowest BCUT2D eigenvalue weighted by atomic mass is 9.96. The fraction of sp³-hybridized carbons (Fsp3) is 0.786. The standard InChI is InChI=1S/C14H24O6/c1-14(2,3)20-12-7-9(15)5-6-10(8-11(12)16)19-13(17)18-4/h5-6,9-12,15-16H,7-8H2,1-4H3/b6-5+. The average Bonchev–Trinajstić information content (AvgIpc) is 2.32. The number of aliphatic hydroxyl groups excluding tert-OH is 2. The number of rotatable bonds is 2. The van der Waals surface area contributed by atoms with Crippen LogP contribution in [0.4, 0.5) is 4.79 Å². The lowest BCUT2D eigenvalue weighted by Crippen LogP contribution is -2.41. The minimum atomic E-state index is -0.844. The topological polar surface area (TPSA) is 85.2 Å². The van der Waals surface area contributed by atoms with Crippen LogP contribution in [0.5, 0.6) is 0 Å². The maximum Gasteiger partial charge on any atom is 0.508 e. The maximum atomic E-state index is 11.1. The van der Waals surface area contributed by atoms with Crippen molar-refractivity contribution in [2.45, 2.75) is 63.6 Å². The van der Waals surface area contributed by atoms with E-state index in [9.17, 15) is 15.0 Å². The van der Waals surface area contributed by atoms with Gasteiger partial charge in [-0.05, 0) is 26.8 Å². The summed E-state index contributed by atoms with van der Waals surface area (Å²) in [5.41, 5.74) is -0.438. The van der Waals surface area contributed by atoms with E-state index in [1.165, 1.54) is 7.11 Å². The van der Waals surface area contributed by atoms with E-state index >= 15 is 0 Å². The zero-order valence-electron chi connectivity index (χ0n) is 12.4. The molecule has 4 atom stereocenters. The van der Waals surface area contributed by atoms with E-state index in [1.54, 1.807) is 12.2 Å². The van der Waals surface area contributed by atoms with Crippen molar-refractivity contribution in [1.29, 1.82) is 0 Å². The summed E-state index contributed by atoms with van der Waals surface area (Å²) in [5.74, 6) is 0. The molecule has 0 amide bonds. The van der Waals surface area contributed by atoms with Gasteiger partial charge in [0.2, 0.25) is 0 Å². The van der Waals surface area contributed by atoms with Gasteiger partial charge < -0.3 is 24.4 Å². The van der Waals surface area contributed by atoms with Gasteiger partial charge in [-0.15, -0.1) is 0 Å². The Bertz CT molecular complexity index is 346. The summed E-state index contributed by atoms with van der Waals surface area (Å²) in [4.78, 5) is 11.1. The van der Waals surface area contributed by atoms with Crippen LogP contribution < -0.4 is 0 Å². The predicted molar refractivity (Wildman–Crippen MR) is 72.3 cm³/mol. The summed E-state index contributed by atoms with van der Waals surface area (Å²) >= 11 is 0. The molecule has 0 bridgehead atoms. The first-order valence-electron chi connectivity index (χ1n) is 6.68. The van der Waals surface area contributed by atoms with Crippen molar-refractivity contribution in [3.05, 3.63) is 12.2 Å². The van der Waals surface area contributed by atoms with E-state index in [2.05, 4.69) is 4.74 Å². The fourth-order valence-corrected chi connectivity index (χ4v) is 2.03. The monoisotopic (exact) mass is 288 g/mol. The van der Waals surface area contributed by atoms with Gasteiger partial charge in [0.05, 0.1) is 31.0 Å². The summed E-state index contributed by atoms with van der Waals surface area (Å²) < 4.78 is 15.2. The maximum absolute atomic E-state index is 11.1. The lowest BCUT2D eigenvalue weighted by Gasteiger charge is -2.33. The molecule has 0 saturated carbocycles. The molecule has 1 rings (SSSR count). The average molecular weight is 288 g/mol. The van der Waals surface area contributed by atoms with E-state index < -0.39 is 36.2 Å². The highest BCUT2D eigenvalue weighted by Crippen LogP contribution is 2.23. The van der Waals surface area contributed by atoms with E-state index in [0.717, 1.165) is 0 Å². The third-order valence-electron chi connectivity index (χ3n) is 2.84. The summed E-state index contributed by atoms with van der Waals surface area (Å²) in [6, 6.07) is 0. The van der Waals surface area contributed by atoms with E-state index in [4.69, 9.17) is 9.47 Å². The third kappa shape index (κ3) is 5.90. The Kier molecular flexibility index (Phi) is 5.98. The molecule has 0 aromatic rings. The van der Waals surface area contributed by atoms with Gasteiger partial charge in [0.1, 0.15) is 6.10 Å². The van der Waals surface area contributed by atoms with Crippen molar-refractivity contribution >= 4 is 6.16 Å². The molecule has 0 fully saturated rings. The Morgan fingerprint density at radius 1 is 1.20 bits per heavy atom. The second-order valence-corrected chi connectivity index (χ2v) is 5.87. The van der Waals surface area contributed by atoms with Crippen molar-refractivity contribution in [2.75, 3.05) is 7.11 Å². The van der Waals surface area contributed by atoms with Gasteiger partial charge in [-0.1, -0.05) is 6.08 Å². The van der Waals surface area contributed by atoms with Crippen molar-refractivity contribution in [3.63, 3.8) is 0 Å². The molecule has 1 aliphatic rings. The van der Waals surface area contributed by atoms with Crippen LogP contribution in [0.15, 0.2) is 12.2 Å². The number of aliphatic hydroxyl groups is 2. The molecule has 0 saturated heterocycles. The van der Waals surface area contributed by atoms with Crippen LogP contribution in [0, 0.1) is 0 Å². The summed E-state index contributed by atoms with van der Waals surface area (Å²) in [5, 5.41) is 20.1. The number of methoxy groups -OCH3 is 1. The van der Waals surface area contributed by atoms with E-state index in [1.807, 2.05) is 20.8 Å². The van der Waals surface area contributed by atoms with Gasteiger partial charge in [0.25, 0.3) is 0 Å². The molecule has 0 radical (unpaired) electrons. The molecule has 4 unspecified atom stereocenters. The molecular weight excluding hydrogens is 264 g/mol. The number of carbonyl (C=O) groups excluding carboxylic acids is 1. The largest absolute Gasteiger partial charge is 0.508 e. The lowest BCUT2D eigenvalue weighted by molar-refractivity contribution is -0.129. The molecule has 1 aliphatic carbocycles. The quantitative estimate of drug-likeness (QED) is 0.590. The smallest absolute Gasteiger partial charge is 0.438 e. The summed E-state index contributed by atoms with van der Waals surface area (Å²) in [6.45, 7) is 5.63. The van der Waals surface area contributed by atoms with Crippen molar-refractivity contribution < 1.29 is 29.2 Å². The molecule has 2 N–H and O–H groups in total. The van der Waals surface area contributed by atoms with Crippen molar-refractivity contribution in [1.82, 2.24) is 0 Å². The number of hydrogen-bond acceptors (Lipinski definition) is 6. The SMILES string of the molecule is COC(=O)OC1/C=C/C(O)CC(OC(C)(C)C)C(O)C1. The molecular formula is C14H24O6. The van der Waals surface area contributed by atoms with Crippen molar-refractivity contribution in [2.24, 2.45) is 0 Å². The first kappa shape index (κ1) is 16.9. The van der Waals surface area contributed by atoms with Gasteiger partial charge >= 0.3 is 6.16 Å². The number of hydrogen-bond donors (Lipinski definition) is 2. The van der Waals surface area contributed by atoms with Crippen LogP contribution in [0.1, 0.15) is 33.6 Å². The minimum Gasteiger partial charge on any atom is -0.438 e. The summed E-state index contributed by atoms with van der Waals surface area (Å²) in [7, 11) is 1.21. The predicted octanol–water partition coefficient (Wildman–Crippen LogP) is 1.39. The molecule has 0 aromatic heterocycles. The minimum absolute atomic E-state index is 0.194. The first-order valence-corrected chi connectivity index (χ1v) is 6.68. The fourth-order valence-electron chi connectivity index (χ4n) is 2.03. The summed E-state index contributed by atoms with van der Waals surface area (Å²) in [6.07, 6.45) is -0.0350. The Balaban J connectivity index is 2.76. The molecule has 0 aromatic carbocycles. The highest BCUT2D eigenvalue weighted by atomic mass is 16.7. The van der Waals surface area contributed by atoms with Crippen LogP contribution in [0.25, 0.3) is 0 Å². The zero-order chi connectivity index (χ0) is 15.3. The molecule has 6 nitrogen and oxygen atoms in total. The number of carbonyl (C=O) groups is 1. The Morgan fingerprint density at radius 3 is 2.40 bits per heavy atom. The van der Waals surface area contributed by atoms with Crippen LogP contribution in [0.2, 0.25) is 0 Å². The van der Waals surface area contributed by atoms with Gasteiger partial charge in [0.15, 0.2) is 0 Å². The highest BCUT2D eigenvalue weighted by molar-refractivity contribution is 5.60. The van der Waals surface area contributed by atoms with E-state index in [0.29, 0.717) is 6.42 Å². The second kappa shape index (κ2) is 7.06. The van der Waals surface area contributed by atoms with Crippen molar-refractivity contribution in [3.8, 4) is 0 Å². The van der Waals surface area contributed by atoms with Gasteiger partial charge in [-0.2, -0.15) is 0 Å². The first-order chi connectivity index (χ1) is 9.21. The highest BCUT2D eigenvalue weighted by Gasteiger charge is 2.31. The van der Waals surface area contributed by atoms with Crippen LogP contribution in [-0.2, 0) is 14.2 Å². The molecule has 20 heavy (non-hydrogen) atoms. The van der Waals surface area contributed by atoms with Gasteiger partial charge in [0, 0.05) is 12.8 Å². The second-order valence-electron chi connectivity index (χ2n) is 5.87. The molecule has 0 aliphatic heterocycles. The van der Waals surface area contributed by atoms with Gasteiger partial charge in [-0.25, -0.2) is 4.79 Å². The molecule has 0 spiro atoms. The Morgan fingerprint density at radius 2 is 1.85 bits per heavy atom. The van der Waals surface area contributed by atoms with Gasteiger partial charge in [-0.3, -0.25) is 0 Å². The molecule has 0 heterocycles. The molecule has 6 heteroatoms. The molecule has 116 valence electrons. The zero-order valence-corrected chi connectivity index (χ0v) is 12.4. The number of ether oxygens (including phenoxy) is 3. The van der Waals surface area contributed by atoms with Crippen LogP contribution >= 0.6 is 0 Å². The van der Waals surface area contributed by atoms with Crippen LogP contribution in [-0.4, -0.2) is 53.5 Å². The van der Waals surface area contributed by atoms with Crippen LogP contribution in [0.3, 0.4) is 0 Å². The Labute approximate surface area is 119 Å². The Hall–Kier alpha value is -1.11. The third-order valence-corrected chi connectivity index (χ3v) is 2.84. The normalized spacial score (nSPS) is 32.9. The van der Waals surface area contributed by atoms with E-state index in [-0.39, 0.29) is 6.42 Å².